The minimum absolute atomic E-state index is 0. The number of hydrogen-bond acceptors (Lipinski definition) is 7. The van der Waals surface area contributed by atoms with Gasteiger partial charge in [-0.1, -0.05) is 6.92 Å². The quantitative estimate of drug-likeness (QED) is 0.403. The van der Waals surface area contributed by atoms with E-state index >= 15 is 0 Å². The molecule has 0 aromatic carbocycles. The Bertz CT molecular complexity index is 645. The molecule has 8 nitrogen and oxygen atoms in total. The summed E-state index contributed by atoms with van der Waals surface area (Å²) in [6, 6.07) is 0. The van der Waals surface area contributed by atoms with Gasteiger partial charge in [-0.3, -0.25) is 15.4 Å². The molecule has 1 aromatic rings. The van der Waals surface area contributed by atoms with Crippen LogP contribution in [0.1, 0.15) is 50.1 Å². The number of alkyl halides is 3. The number of carbonyl (C=O) groups excluding carboxylic acids is 2. The van der Waals surface area contributed by atoms with E-state index in [9.17, 15) is 22.8 Å². The van der Waals surface area contributed by atoms with E-state index in [2.05, 4.69) is 20.0 Å². The van der Waals surface area contributed by atoms with Crippen LogP contribution in [0, 0.1) is 0 Å². The van der Waals surface area contributed by atoms with Crippen molar-refractivity contribution in [1.29, 1.82) is 0 Å². The normalized spacial score (nSPS) is 15.0. The Kier molecular flexibility index (Phi) is 11.1. The fraction of sp³-hybridized carbons (Fsp3) is 0.688. The molecule has 1 unspecified atom stereocenters. The van der Waals surface area contributed by atoms with Crippen LogP contribution >= 0.6 is 12.4 Å². The van der Waals surface area contributed by atoms with Gasteiger partial charge in [0.1, 0.15) is 18.8 Å². The van der Waals surface area contributed by atoms with E-state index in [1.807, 2.05) is 6.92 Å². The number of carbonyl (C=O) groups is 2. The Morgan fingerprint density at radius 1 is 1.25 bits per heavy atom. The first-order chi connectivity index (χ1) is 12.6. The van der Waals surface area contributed by atoms with Crippen molar-refractivity contribution in [3.05, 3.63) is 17.0 Å². The average molecular weight is 431 g/mol. The summed E-state index contributed by atoms with van der Waals surface area (Å²) >= 11 is 0. The van der Waals surface area contributed by atoms with E-state index in [1.54, 1.807) is 13.8 Å². The lowest BCUT2D eigenvalue weighted by molar-refractivity contribution is -0.150. The SMILES string of the molecule is CCOC(=O)CNN.CCOC(=O)Cn1nc2c(c1C(F)(F)F)CCC2C.Cl. The summed E-state index contributed by atoms with van der Waals surface area (Å²) in [5.41, 5.74) is 2.05. The third-order valence-corrected chi connectivity index (χ3v) is 3.78. The van der Waals surface area contributed by atoms with Crippen molar-refractivity contribution in [3.8, 4) is 0 Å². The number of hydrogen-bond donors (Lipinski definition) is 2. The van der Waals surface area contributed by atoms with E-state index < -0.39 is 24.4 Å². The summed E-state index contributed by atoms with van der Waals surface area (Å²) in [6.07, 6.45) is -3.48. The third-order valence-electron chi connectivity index (χ3n) is 3.78. The van der Waals surface area contributed by atoms with Gasteiger partial charge in [-0.2, -0.15) is 18.3 Å². The summed E-state index contributed by atoms with van der Waals surface area (Å²) in [5, 5.41) is 3.96. The molecule has 0 saturated carbocycles. The Hall–Kier alpha value is -1.85. The predicted octanol–water partition coefficient (Wildman–Crippen LogP) is 1.95. The molecule has 1 aromatic heterocycles. The number of aromatic nitrogens is 2. The highest BCUT2D eigenvalue weighted by atomic mass is 35.5. The number of nitrogens with zero attached hydrogens (tertiary/aromatic N) is 2. The number of esters is 2. The van der Waals surface area contributed by atoms with Crippen molar-refractivity contribution in [2.24, 2.45) is 5.84 Å². The molecular formula is C16H26ClF3N4O4. The number of fused-ring (bicyclic) bond motifs is 1. The van der Waals surface area contributed by atoms with E-state index in [0.29, 0.717) is 25.1 Å². The molecule has 2 rings (SSSR count). The van der Waals surface area contributed by atoms with Gasteiger partial charge >= 0.3 is 18.1 Å². The van der Waals surface area contributed by atoms with E-state index in [4.69, 9.17) is 5.84 Å². The zero-order valence-electron chi connectivity index (χ0n) is 16.0. The van der Waals surface area contributed by atoms with Gasteiger partial charge in [0.2, 0.25) is 0 Å². The van der Waals surface area contributed by atoms with Crippen molar-refractivity contribution >= 4 is 24.3 Å². The lowest BCUT2D eigenvalue weighted by Crippen LogP contribution is -2.30. The smallest absolute Gasteiger partial charge is 0.433 e. The van der Waals surface area contributed by atoms with Gasteiger partial charge in [-0.25, -0.2) is 10.1 Å². The van der Waals surface area contributed by atoms with Crippen molar-refractivity contribution < 1.29 is 32.2 Å². The summed E-state index contributed by atoms with van der Waals surface area (Å²) in [4.78, 5) is 21.6. The molecule has 28 heavy (non-hydrogen) atoms. The predicted molar refractivity (Wildman–Crippen MR) is 96.7 cm³/mol. The Labute approximate surface area is 167 Å². The lowest BCUT2D eigenvalue weighted by atomic mass is 10.1. The van der Waals surface area contributed by atoms with Crippen LogP contribution in [-0.4, -0.2) is 41.5 Å². The maximum atomic E-state index is 13.1. The van der Waals surface area contributed by atoms with Crippen LogP contribution in [0.4, 0.5) is 13.2 Å². The molecule has 1 aliphatic rings. The molecule has 162 valence electrons. The van der Waals surface area contributed by atoms with Gasteiger partial charge in [0.05, 0.1) is 18.9 Å². The fourth-order valence-corrected chi connectivity index (χ4v) is 2.71. The van der Waals surface area contributed by atoms with E-state index in [0.717, 1.165) is 4.68 Å². The maximum absolute atomic E-state index is 13.1. The zero-order chi connectivity index (χ0) is 20.6. The van der Waals surface area contributed by atoms with Crippen molar-refractivity contribution in [2.75, 3.05) is 19.8 Å². The number of rotatable bonds is 6. The van der Waals surface area contributed by atoms with Crippen LogP contribution in [0.15, 0.2) is 0 Å². The van der Waals surface area contributed by atoms with Gasteiger partial charge in [0, 0.05) is 11.5 Å². The highest BCUT2D eigenvalue weighted by Gasteiger charge is 2.42. The molecule has 0 saturated heterocycles. The van der Waals surface area contributed by atoms with Crippen molar-refractivity contribution in [2.45, 2.75) is 52.3 Å². The van der Waals surface area contributed by atoms with E-state index in [-0.39, 0.29) is 43.0 Å². The average Bonchev–Trinajstić information content (AvgIpc) is 3.08. The number of halogens is 4. The molecule has 3 N–H and O–H groups in total. The van der Waals surface area contributed by atoms with Crippen LogP contribution in [0.25, 0.3) is 0 Å². The van der Waals surface area contributed by atoms with Crippen LogP contribution in [0.2, 0.25) is 0 Å². The van der Waals surface area contributed by atoms with Gasteiger partial charge in [-0.15, -0.1) is 12.4 Å². The third kappa shape index (κ3) is 7.28. The molecule has 0 bridgehead atoms. The second-order valence-electron chi connectivity index (χ2n) is 5.80. The molecular weight excluding hydrogens is 405 g/mol. The molecule has 0 fully saturated rings. The van der Waals surface area contributed by atoms with Crippen LogP contribution in [0.3, 0.4) is 0 Å². The second-order valence-corrected chi connectivity index (χ2v) is 5.80. The van der Waals surface area contributed by atoms with Crippen molar-refractivity contribution in [1.82, 2.24) is 15.2 Å². The van der Waals surface area contributed by atoms with Crippen LogP contribution < -0.4 is 11.3 Å². The van der Waals surface area contributed by atoms with Crippen LogP contribution in [0.5, 0.6) is 0 Å². The molecule has 0 radical (unpaired) electrons. The van der Waals surface area contributed by atoms with Gasteiger partial charge in [0.25, 0.3) is 0 Å². The number of nitrogens with two attached hydrogens (primary N) is 1. The highest BCUT2D eigenvalue weighted by Crippen LogP contribution is 2.41. The number of hydrazine groups is 1. The molecule has 1 atom stereocenters. The first-order valence-corrected chi connectivity index (χ1v) is 8.57. The van der Waals surface area contributed by atoms with Crippen molar-refractivity contribution in [3.63, 3.8) is 0 Å². The summed E-state index contributed by atoms with van der Waals surface area (Å²) in [6.45, 7) is 5.31. The largest absolute Gasteiger partial charge is 0.465 e. The maximum Gasteiger partial charge on any atom is 0.433 e. The van der Waals surface area contributed by atoms with Gasteiger partial charge < -0.3 is 9.47 Å². The first-order valence-electron chi connectivity index (χ1n) is 8.57. The molecule has 0 spiro atoms. The second kappa shape index (κ2) is 11.9. The molecule has 1 heterocycles. The van der Waals surface area contributed by atoms with Crippen LogP contribution in [-0.2, 0) is 38.2 Å². The summed E-state index contributed by atoms with van der Waals surface area (Å²) < 4.78 is 49.2. The minimum Gasteiger partial charge on any atom is -0.465 e. The summed E-state index contributed by atoms with van der Waals surface area (Å²) in [5.74, 6) is 3.78. The topological polar surface area (TPSA) is 108 Å². The first kappa shape index (κ1) is 26.1. The minimum atomic E-state index is -4.50. The number of ether oxygens (including phenoxy) is 2. The van der Waals surface area contributed by atoms with E-state index in [1.165, 1.54) is 0 Å². The fourth-order valence-electron chi connectivity index (χ4n) is 2.71. The van der Waals surface area contributed by atoms with Gasteiger partial charge in [0.15, 0.2) is 0 Å². The lowest BCUT2D eigenvalue weighted by Gasteiger charge is -2.11. The molecule has 1 aliphatic carbocycles. The number of nitrogens with one attached hydrogen (secondary N) is 1. The molecule has 0 aliphatic heterocycles. The Morgan fingerprint density at radius 2 is 1.82 bits per heavy atom. The molecule has 0 amide bonds. The Balaban J connectivity index is 0.000000694. The zero-order valence-corrected chi connectivity index (χ0v) is 16.8. The molecule has 12 heteroatoms. The Morgan fingerprint density at radius 3 is 2.32 bits per heavy atom. The monoisotopic (exact) mass is 430 g/mol. The highest BCUT2D eigenvalue weighted by molar-refractivity contribution is 5.85. The van der Waals surface area contributed by atoms with Gasteiger partial charge in [-0.05, 0) is 26.7 Å². The summed E-state index contributed by atoms with van der Waals surface area (Å²) in [7, 11) is 0. The standard InChI is InChI=1S/C12H15F3N2O2.C4H10N2O2.ClH/c1-3-19-9(18)6-17-11(12(13,14)15)8-5-4-7(2)10(8)16-17;1-2-8-4(7)3-6-5;/h7H,3-6H2,1-2H3;6H,2-3,5H2,1H3;1H.